The number of benzene rings is 1. The summed E-state index contributed by atoms with van der Waals surface area (Å²) in [6.45, 7) is 8.12. The van der Waals surface area contributed by atoms with Crippen LogP contribution in [-0.2, 0) is 9.53 Å². The molecule has 1 aromatic carbocycles. The minimum absolute atomic E-state index is 0.110. The van der Waals surface area contributed by atoms with E-state index in [1.54, 1.807) is 24.3 Å². The van der Waals surface area contributed by atoms with Crippen molar-refractivity contribution in [3.8, 4) is 0 Å². The number of Topliss-reactive ketones (excluding diaryl/α,β-unsaturated/α-hetero) is 1. The third kappa shape index (κ3) is 8.12. The first-order valence-electron chi connectivity index (χ1n) is 13.9. The van der Waals surface area contributed by atoms with Gasteiger partial charge in [-0.1, -0.05) is 63.1 Å². The highest BCUT2D eigenvalue weighted by atomic mass is 32.2. The number of ether oxygens (including phenoxy) is 1. The number of ketones is 1. The number of nitrogens with zero attached hydrogens (tertiary/aromatic N) is 3. The van der Waals surface area contributed by atoms with Crippen LogP contribution in [0, 0.1) is 5.92 Å². The normalized spacial score (nSPS) is 18.4. The first-order chi connectivity index (χ1) is 18.9. The standard InChI is InChI=1S/C28H39N5O5S/c1-20(2)19-22(23(34)25-31-32-27(38-25)39-18-15-33-13-16-37-17-14-33)29-26(36)28(11-7-4-8-12-28)30-24(35)21-9-5-3-6-10-21/h3,5-6,9-10,20,22H,4,7-8,11-19H2,1-2H3,(H,29,36)(H,30,35). The Kier molecular flexibility index (Phi) is 10.5. The van der Waals surface area contributed by atoms with E-state index in [-0.39, 0.29) is 23.6 Å². The molecule has 2 aliphatic rings. The molecule has 2 amide bonds. The van der Waals surface area contributed by atoms with Crippen LogP contribution in [0.25, 0.3) is 0 Å². The first kappa shape index (κ1) is 29.2. The molecule has 1 saturated carbocycles. The predicted octanol–water partition coefficient (Wildman–Crippen LogP) is 3.34. The molecule has 11 heteroatoms. The van der Waals surface area contributed by atoms with E-state index < -0.39 is 17.4 Å². The minimum atomic E-state index is -1.07. The molecule has 1 aliphatic carbocycles. The Morgan fingerprint density at radius 2 is 1.77 bits per heavy atom. The highest BCUT2D eigenvalue weighted by molar-refractivity contribution is 7.99. The van der Waals surface area contributed by atoms with Crippen molar-refractivity contribution in [2.45, 2.75) is 69.2 Å². The second kappa shape index (κ2) is 14.0. The van der Waals surface area contributed by atoms with Gasteiger partial charge in [0.05, 0.1) is 19.3 Å². The number of rotatable bonds is 12. The molecule has 2 aromatic rings. The van der Waals surface area contributed by atoms with Crippen molar-refractivity contribution in [2.75, 3.05) is 38.6 Å². The van der Waals surface area contributed by atoms with Gasteiger partial charge in [0.15, 0.2) is 0 Å². The molecule has 1 atom stereocenters. The van der Waals surface area contributed by atoms with Crippen molar-refractivity contribution >= 4 is 29.4 Å². The quantitative estimate of drug-likeness (QED) is 0.298. The maximum atomic E-state index is 13.7. The van der Waals surface area contributed by atoms with E-state index in [4.69, 9.17) is 9.15 Å². The summed E-state index contributed by atoms with van der Waals surface area (Å²) in [6.07, 6.45) is 4.09. The van der Waals surface area contributed by atoms with Crippen LogP contribution in [0.4, 0.5) is 0 Å². The van der Waals surface area contributed by atoms with Gasteiger partial charge in [-0.2, -0.15) is 0 Å². The van der Waals surface area contributed by atoms with Crippen LogP contribution in [-0.4, -0.2) is 82.9 Å². The van der Waals surface area contributed by atoms with Crippen molar-refractivity contribution in [1.29, 1.82) is 0 Å². The Balaban J connectivity index is 1.42. The summed E-state index contributed by atoms with van der Waals surface area (Å²) in [5.41, 5.74) is -0.578. The summed E-state index contributed by atoms with van der Waals surface area (Å²) >= 11 is 1.41. The molecule has 0 bridgehead atoms. The van der Waals surface area contributed by atoms with Gasteiger partial charge in [0.2, 0.25) is 11.7 Å². The lowest BCUT2D eigenvalue weighted by Gasteiger charge is -2.37. The van der Waals surface area contributed by atoms with E-state index in [1.807, 2.05) is 19.9 Å². The van der Waals surface area contributed by atoms with E-state index in [0.717, 1.165) is 57.9 Å². The lowest BCUT2D eigenvalue weighted by molar-refractivity contribution is -0.129. The Hall–Kier alpha value is -2.76. The largest absolute Gasteiger partial charge is 0.408 e. The summed E-state index contributed by atoms with van der Waals surface area (Å²) in [5, 5.41) is 14.3. The number of carbonyl (C=O) groups excluding carboxylic acids is 3. The van der Waals surface area contributed by atoms with Crippen molar-refractivity contribution in [3.63, 3.8) is 0 Å². The molecule has 0 radical (unpaired) electrons. The van der Waals surface area contributed by atoms with Crippen LogP contribution in [0.5, 0.6) is 0 Å². The minimum Gasteiger partial charge on any atom is -0.408 e. The molecule has 2 fully saturated rings. The number of morpholine rings is 1. The van der Waals surface area contributed by atoms with Crippen LogP contribution in [0.15, 0.2) is 40.0 Å². The lowest BCUT2D eigenvalue weighted by atomic mass is 9.80. The predicted molar refractivity (Wildman–Crippen MR) is 148 cm³/mol. The van der Waals surface area contributed by atoms with Crippen molar-refractivity contribution in [2.24, 2.45) is 5.92 Å². The molecule has 0 spiro atoms. The number of thioether (sulfide) groups is 1. The van der Waals surface area contributed by atoms with Gasteiger partial charge >= 0.3 is 0 Å². The average molecular weight is 558 g/mol. The second-order valence-electron chi connectivity index (χ2n) is 10.7. The van der Waals surface area contributed by atoms with E-state index in [1.165, 1.54) is 11.8 Å². The van der Waals surface area contributed by atoms with Crippen LogP contribution in [0.3, 0.4) is 0 Å². The van der Waals surface area contributed by atoms with E-state index in [9.17, 15) is 14.4 Å². The third-order valence-electron chi connectivity index (χ3n) is 7.21. The molecule has 1 aliphatic heterocycles. The molecule has 2 heterocycles. The van der Waals surface area contributed by atoms with Crippen molar-refractivity contribution in [3.05, 3.63) is 41.8 Å². The summed E-state index contributed by atoms with van der Waals surface area (Å²) in [5.74, 6) is -0.275. The Labute approximate surface area is 234 Å². The van der Waals surface area contributed by atoms with E-state index in [2.05, 4.69) is 25.7 Å². The van der Waals surface area contributed by atoms with Gasteiger partial charge in [0.1, 0.15) is 5.54 Å². The van der Waals surface area contributed by atoms with Crippen LogP contribution in [0.1, 0.15) is 73.4 Å². The van der Waals surface area contributed by atoms with Crippen LogP contribution >= 0.6 is 11.8 Å². The third-order valence-corrected chi connectivity index (χ3v) is 8.01. The fourth-order valence-corrected chi connectivity index (χ4v) is 5.81. The summed E-state index contributed by atoms with van der Waals surface area (Å²) in [6, 6.07) is 8.03. The van der Waals surface area contributed by atoms with Crippen LogP contribution in [0.2, 0.25) is 0 Å². The number of nitrogens with one attached hydrogen (secondary N) is 2. The topological polar surface area (TPSA) is 127 Å². The molecular weight excluding hydrogens is 518 g/mol. The zero-order chi connectivity index (χ0) is 27.7. The van der Waals surface area contributed by atoms with Gasteiger partial charge in [0, 0.05) is 31.0 Å². The Morgan fingerprint density at radius 1 is 1.05 bits per heavy atom. The van der Waals surface area contributed by atoms with Crippen molar-refractivity contribution < 1.29 is 23.5 Å². The SMILES string of the molecule is CC(C)CC(NC(=O)C1(NC(=O)c2ccccc2)CCCCC1)C(=O)c1nnc(SCCN2CCOCC2)o1. The van der Waals surface area contributed by atoms with Gasteiger partial charge in [-0.15, -0.1) is 10.2 Å². The van der Waals surface area contributed by atoms with Gasteiger partial charge in [-0.05, 0) is 37.3 Å². The van der Waals surface area contributed by atoms with E-state index >= 15 is 0 Å². The van der Waals surface area contributed by atoms with Gasteiger partial charge in [-0.25, -0.2) is 0 Å². The number of amides is 2. The lowest BCUT2D eigenvalue weighted by Crippen LogP contribution is -2.62. The molecule has 39 heavy (non-hydrogen) atoms. The monoisotopic (exact) mass is 557 g/mol. The number of carbonyl (C=O) groups is 3. The molecule has 10 nitrogen and oxygen atoms in total. The molecule has 1 aromatic heterocycles. The Bertz CT molecular complexity index is 1100. The molecule has 1 unspecified atom stereocenters. The van der Waals surface area contributed by atoms with Gasteiger partial charge in [-0.3, -0.25) is 19.3 Å². The highest BCUT2D eigenvalue weighted by Gasteiger charge is 2.43. The van der Waals surface area contributed by atoms with Gasteiger partial charge in [0.25, 0.3) is 17.0 Å². The molecule has 4 rings (SSSR count). The number of aromatic nitrogens is 2. The maximum Gasteiger partial charge on any atom is 0.286 e. The second-order valence-corrected chi connectivity index (χ2v) is 11.7. The zero-order valence-electron chi connectivity index (χ0n) is 22.8. The first-order valence-corrected chi connectivity index (χ1v) is 14.8. The molecule has 1 saturated heterocycles. The molecule has 212 valence electrons. The zero-order valence-corrected chi connectivity index (χ0v) is 23.6. The van der Waals surface area contributed by atoms with Crippen molar-refractivity contribution in [1.82, 2.24) is 25.7 Å². The van der Waals surface area contributed by atoms with Crippen LogP contribution < -0.4 is 10.6 Å². The maximum absolute atomic E-state index is 13.7. The fraction of sp³-hybridized carbons (Fsp3) is 0.607. The summed E-state index contributed by atoms with van der Waals surface area (Å²) in [7, 11) is 0. The smallest absolute Gasteiger partial charge is 0.286 e. The number of hydrogen-bond donors (Lipinski definition) is 2. The van der Waals surface area contributed by atoms with E-state index in [0.29, 0.717) is 30.0 Å². The fourth-order valence-electron chi connectivity index (χ4n) is 5.05. The summed E-state index contributed by atoms with van der Waals surface area (Å²) < 4.78 is 11.1. The molecule has 2 N–H and O–H groups in total. The van der Waals surface area contributed by atoms with Gasteiger partial charge < -0.3 is 19.8 Å². The molecular formula is C28H39N5O5S. The average Bonchev–Trinajstić information content (AvgIpc) is 3.42. The summed E-state index contributed by atoms with van der Waals surface area (Å²) in [4.78, 5) is 42.5. The number of hydrogen-bond acceptors (Lipinski definition) is 9. The Morgan fingerprint density at radius 3 is 2.46 bits per heavy atom. The highest BCUT2D eigenvalue weighted by Crippen LogP contribution is 2.30.